The minimum atomic E-state index is -0.614. The van der Waals surface area contributed by atoms with Crippen LogP contribution in [0, 0.1) is 0 Å². The maximum atomic E-state index is 13.0. The van der Waals surface area contributed by atoms with Gasteiger partial charge in [-0.15, -0.1) is 5.10 Å². The average Bonchev–Trinajstić information content (AvgIpc) is 3.14. The lowest BCUT2D eigenvalue weighted by atomic mass is 10.2. The van der Waals surface area contributed by atoms with E-state index in [1.807, 2.05) is 0 Å². The summed E-state index contributed by atoms with van der Waals surface area (Å²) in [7, 11) is 0. The van der Waals surface area contributed by atoms with Crippen molar-refractivity contribution in [3.8, 4) is 11.6 Å². The number of aromatic nitrogens is 6. The third kappa shape index (κ3) is 2.84. The quantitative estimate of drug-likeness (QED) is 0.507. The van der Waals surface area contributed by atoms with Crippen molar-refractivity contribution < 1.29 is 9.53 Å². The fraction of sp³-hybridized carbons (Fsp3) is 0.111. The van der Waals surface area contributed by atoms with Crippen molar-refractivity contribution in [2.45, 2.75) is 6.92 Å². The Labute approximate surface area is 152 Å². The molecule has 0 spiro atoms. The van der Waals surface area contributed by atoms with Crippen molar-refractivity contribution in [1.29, 1.82) is 0 Å². The van der Waals surface area contributed by atoms with Crippen LogP contribution in [0.1, 0.15) is 17.3 Å². The number of rotatable bonds is 4. The molecule has 0 saturated carbocycles. The van der Waals surface area contributed by atoms with Crippen LogP contribution in [-0.4, -0.2) is 42.3 Å². The maximum absolute atomic E-state index is 13.0. The minimum absolute atomic E-state index is 0.0918. The van der Waals surface area contributed by atoms with E-state index in [9.17, 15) is 9.59 Å². The van der Waals surface area contributed by atoms with Gasteiger partial charge < -0.3 is 4.74 Å². The van der Waals surface area contributed by atoms with Crippen molar-refractivity contribution >= 4 is 16.9 Å². The first kappa shape index (κ1) is 16.6. The Kier molecular flexibility index (Phi) is 4.17. The number of carbonyl (C=O) groups excluding carboxylic acids is 1. The zero-order valence-electron chi connectivity index (χ0n) is 14.3. The first-order valence-corrected chi connectivity index (χ1v) is 8.22. The number of hydrogen-bond acceptors (Lipinski definition) is 7. The van der Waals surface area contributed by atoms with Gasteiger partial charge in [0.2, 0.25) is 0 Å². The molecule has 4 rings (SSSR count). The number of nitrogens with zero attached hydrogens (tertiary/aromatic N) is 6. The van der Waals surface area contributed by atoms with Crippen LogP contribution in [0.4, 0.5) is 0 Å². The van der Waals surface area contributed by atoms with Crippen molar-refractivity contribution in [3.63, 3.8) is 0 Å². The van der Waals surface area contributed by atoms with Gasteiger partial charge in [-0.25, -0.2) is 9.78 Å². The molecule has 0 atom stereocenters. The SMILES string of the molecule is CCOC(=O)c1cnn(-c2ccccn2)c1-n1nnc2ccccc2c1=O. The van der Waals surface area contributed by atoms with Gasteiger partial charge in [0.15, 0.2) is 11.6 Å². The fourth-order valence-corrected chi connectivity index (χ4v) is 2.67. The highest BCUT2D eigenvalue weighted by molar-refractivity contribution is 5.93. The van der Waals surface area contributed by atoms with E-state index in [4.69, 9.17) is 4.74 Å². The van der Waals surface area contributed by atoms with Crippen LogP contribution in [-0.2, 0) is 4.74 Å². The molecule has 9 heteroatoms. The molecule has 0 N–H and O–H groups in total. The highest BCUT2D eigenvalue weighted by atomic mass is 16.5. The predicted octanol–water partition coefficient (Wildman–Crippen LogP) is 1.54. The summed E-state index contributed by atoms with van der Waals surface area (Å²) in [5.74, 6) is -0.0724. The van der Waals surface area contributed by atoms with Crippen LogP contribution in [0.5, 0.6) is 0 Å². The van der Waals surface area contributed by atoms with Gasteiger partial charge in [-0.2, -0.15) is 14.5 Å². The summed E-state index contributed by atoms with van der Waals surface area (Å²) in [6.07, 6.45) is 2.91. The molecule has 27 heavy (non-hydrogen) atoms. The molecule has 0 fully saturated rings. The zero-order chi connectivity index (χ0) is 18.8. The molecule has 3 heterocycles. The molecule has 0 bridgehead atoms. The lowest BCUT2D eigenvalue weighted by molar-refractivity contribution is 0.0526. The largest absolute Gasteiger partial charge is 0.462 e. The van der Waals surface area contributed by atoms with Gasteiger partial charge in [-0.05, 0) is 31.2 Å². The van der Waals surface area contributed by atoms with E-state index in [0.717, 1.165) is 4.68 Å². The molecule has 134 valence electrons. The Morgan fingerprint density at radius 2 is 1.93 bits per heavy atom. The molecular formula is C18H14N6O3. The van der Waals surface area contributed by atoms with Gasteiger partial charge in [0.25, 0.3) is 5.56 Å². The lowest BCUT2D eigenvalue weighted by Gasteiger charge is -2.10. The number of pyridine rings is 1. The summed E-state index contributed by atoms with van der Waals surface area (Å²) in [6.45, 7) is 1.88. The molecular weight excluding hydrogens is 348 g/mol. The van der Waals surface area contributed by atoms with E-state index in [0.29, 0.717) is 16.7 Å². The first-order chi connectivity index (χ1) is 13.2. The molecule has 3 aromatic heterocycles. The molecule has 0 aliphatic rings. The Balaban J connectivity index is 2.01. The fourth-order valence-electron chi connectivity index (χ4n) is 2.67. The second-order valence-electron chi connectivity index (χ2n) is 5.53. The van der Waals surface area contributed by atoms with Gasteiger partial charge >= 0.3 is 5.97 Å². The topological polar surface area (TPSA) is 105 Å². The monoisotopic (exact) mass is 362 g/mol. The molecule has 4 aromatic rings. The number of carbonyl (C=O) groups is 1. The molecule has 0 saturated heterocycles. The molecule has 0 unspecified atom stereocenters. The van der Waals surface area contributed by atoms with Crippen LogP contribution >= 0.6 is 0 Å². The maximum Gasteiger partial charge on any atom is 0.343 e. The van der Waals surface area contributed by atoms with Crippen LogP contribution in [0.15, 0.2) is 59.7 Å². The number of esters is 1. The average molecular weight is 362 g/mol. The first-order valence-electron chi connectivity index (χ1n) is 8.22. The Hall–Kier alpha value is -3.88. The lowest BCUT2D eigenvalue weighted by Crippen LogP contribution is -2.27. The van der Waals surface area contributed by atoms with Crippen molar-refractivity contribution in [3.05, 3.63) is 70.8 Å². The van der Waals surface area contributed by atoms with Gasteiger partial charge in [-0.3, -0.25) is 4.79 Å². The van der Waals surface area contributed by atoms with Crippen molar-refractivity contribution in [1.82, 2.24) is 29.8 Å². The van der Waals surface area contributed by atoms with Gasteiger partial charge in [-0.1, -0.05) is 23.4 Å². The van der Waals surface area contributed by atoms with Crippen LogP contribution < -0.4 is 5.56 Å². The van der Waals surface area contributed by atoms with E-state index in [-0.39, 0.29) is 18.0 Å². The number of ether oxygens (including phenoxy) is 1. The van der Waals surface area contributed by atoms with Crippen molar-refractivity contribution in [2.24, 2.45) is 0 Å². The summed E-state index contributed by atoms with van der Waals surface area (Å²) in [5.41, 5.74) is 0.123. The number of benzene rings is 1. The van der Waals surface area contributed by atoms with Crippen molar-refractivity contribution in [2.75, 3.05) is 6.61 Å². The summed E-state index contributed by atoms with van der Waals surface area (Å²) in [5, 5.41) is 12.7. The smallest absolute Gasteiger partial charge is 0.343 e. The van der Waals surface area contributed by atoms with E-state index in [1.54, 1.807) is 55.6 Å². The van der Waals surface area contributed by atoms with Gasteiger partial charge in [0.1, 0.15) is 11.1 Å². The molecule has 0 aliphatic carbocycles. The second kappa shape index (κ2) is 6.79. The number of fused-ring (bicyclic) bond motifs is 1. The second-order valence-corrected chi connectivity index (χ2v) is 5.53. The van der Waals surface area contributed by atoms with Crippen LogP contribution in [0.25, 0.3) is 22.5 Å². The zero-order valence-corrected chi connectivity index (χ0v) is 14.3. The third-order valence-electron chi connectivity index (χ3n) is 3.87. The molecule has 0 amide bonds. The summed E-state index contributed by atoms with van der Waals surface area (Å²) >= 11 is 0. The van der Waals surface area contributed by atoms with Gasteiger partial charge in [0, 0.05) is 6.20 Å². The van der Waals surface area contributed by atoms with Crippen LogP contribution in [0.2, 0.25) is 0 Å². The van der Waals surface area contributed by atoms with Crippen LogP contribution in [0.3, 0.4) is 0 Å². The van der Waals surface area contributed by atoms with E-state index in [1.165, 1.54) is 10.9 Å². The minimum Gasteiger partial charge on any atom is -0.462 e. The normalized spacial score (nSPS) is 10.9. The molecule has 0 radical (unpaired) electrons. The van der Waals surface area contributed by atoms with E-state index < -0.39 is 11.5 Å². The summed E-state index contributed by atoms with van der Waals surface area (Å²) in [6, 6.07) is 12.1. The molecule has 9 nitrogen and oxygen atoms in total. The Bertz CT molecular complexity index is 1180. The number of hydrogen-bond donors (Lipinski definition) is 0. The Morgan fingerprint density at radius 1 is 1.11 bits per heavy atom. The highest BCUT2D eigenvalue weighted by Crippen LogP contribution is 2.18. The highest BCUT2D eigenvalue weighted by Gasteiger charge is 2.24. The third-order valence-corrected chi connectivity index (χ3v) is 3.87. The summed E-state index contributed by atoms with van der Waals surface area (Å²) < 4.78 is 7.49. The Morgan fingerprint density at radius 3 is 2.70 bits per heavy atom. The summed E-state index contributed by atoms with van der Waals surface area (Å²) in [4.78, 5) is 29.6. The standard InChI is InChI=1S/C18H14N6O3/c1-2-27-18(26)13-11-20-23(15-9-5-6-10-19-15)16(13)24-17(25)12-7-3-4-8-14(12)21-22-24/h3-11H,2H2,1H3. The molecule has 0 aliphatic heterocycles. The predicted molar refractivity (Wildman–Crippen MR) is 96.0 cm³/mol. The van der Waals surface area contributed by atoms with E-state index >= 15 is 0 Å². The van der Waals surface area contributed by atoms with E-state index in [2.05, 4.69) is 20.4 Å². The molecule has 1 aromatic carbocycles. The van der Waals surface area contributed by atoms with Gasteiger partial charge in [0.05, 0.1) is 18.2 Å².